The molecule has 0 N–H and O–H groups in total. The van der Waals surface area contributed by atoms with Gasteiger partial charge in [-0.25, -0.2) is 13.4 Å². The van der Waals surface area contributed by atoms with Gasteiger partial charge in [0, 0.05) is 36.5 Å². The molecule has 0 atom stereocenters. The molecule has 0 aliphatic carbocycles. The highest BCUT2D eigenvalue weighted by molar-refractivity contribution is 7.90. The smallest absolute Gasteiger partial charge is 0.258 e. The highest BCUT2D eigenvalue weighted by Crippen LogP contribution is 2.29. The third-order valence-corrected chi connectivity index (χ3v) is 6.57. The zero-order valence-electron chi connectivity index (χ0n) is 17.9. The van der Waals surface area contributed by atoms with Gasteiger partial charge in [-0.15, -0.1) is 0 Å². The zero-order valence-corrected chi connectivity index (χ0v) is 19.5. The summed E-state index contributed by atoms with van der Waals surface area (Å²) in [6.07, 6.45) is 2.59. The second-order valence-electron chi connectivity index (χ2n) is 7.66. The molecule has 0 aliphatic heterocycles. The van der Waals surface area contributed by atoms with Crippen molar-refractivity contribution in [1.82, 2.24) is 9.55 Å². The number of carbonyl (C=O) groups is 1. The topological polar surface area (TPSA) is 89.3 Å². The summed E-state index contributed by atoms with van der Waals surface area (Å²) in [6, 6.07) is 18.1. The Balaban J connectivity index is 1.85. The van der Waals surface area contributed by atoms with E-state index in [2.05, 4.69) is 4.98 Å². The summed E-state index contributed by atoms with van der Waals surface area (Å²) in [7, 11) is -2.05. The van der Waals surface area contributed by atoms with Gasteiger partial charge in [0.05, 0.1) is 22.6 Å². The first-order valence-electron chi connectivity index (χ1n) is 9.96. The Morgan fingerprint density at radius 3 is 2.52 bits per heavy atom. The molecule has 0 radical (unpaired) electrons. The molecule has 0 spiro atoms. The zero-order chi connectivity index (χ0) is 23.8. The van der Waals surface area contributed by atoms with E-state index in [4.69, 9.17) is 11.6 Å². The maximum Gasteiger partial charge on any atom is 0.258 e. The van der Waals surface area contributed by atoms with E-state index in [0.717, 1.165) is 17.2 Å². The second kappa shape index (κ2) is 8.80. The normalized spacial score (nSPS) is 11.5. The Bertz CT molecular complexity index is 1550. The molecule has 7 nitrogen and oxygen atoms in total. The largest absolute Gasteiger partial charge is 0.319 e. The van der Waals surface area contributed by atoms with Crippen LogP contribution in [-0.2, 0) is 23.4 Å². The van der Waals surface area contributed by atoms with Crippen LogP contribution in [0.2, 0.25) is 5.15 Å². The Morgan fingerprint density at radius 2 is 1.79 bits per heavy atom. The van der Waals surface area contributed by atoms with Crippen molar-refractivity contribution in [3.63, 3.8) is 0 Å². The molecule has 1 amide bonds. The van der Waals surface area contributed by atoms with Crippen LogP contribution in [0.25, 0.3) is 10.9 Å². The van der Waals surface area contributed by atoms with Crippen LogP contribution in [0.1, 0.15) is 15.9 Å². The van der Waals surface area contributed by atoms with E-state index in [-0.39, 0.29) is 28.3 Å². The van der Waals surface area contributed by atoms with Crippen molar-refractivity contribution in [2.24, 2.45) is 7.05 Å². The minimum atomic E-state index is -3.63. The Labute approximate surface area is 195 Å². The number of halogens is 1. The molecule has 0 aliphatic rings. The van der Waals surface area contributed by atoms with E-state index in [0.29, 0.717) is 10.7 Å². The minimum absolute atomic E-state index is 0.0177. The molecule has 0 saturated carbocycles. The average molecular weight is 482 g/mol. The van der Waals surface area contributed by atoms with Gasteiger partial charge in [-0.1, -0.05) is 35.9 Å². The monoisotopic (exact) mass is 481 g/mol. The summed E-state index contributed by atoms with van der Waals surface area (Å²) in [5, 5.41) is 1.22. The molecule has 0 bridgehead atoms. The van der Waals surface area contributed by atoms with Crippen molar-refractivity contribution < 1.29 is 13.2 Å². The van der Waals surface area contributed by atoms with E-state index < -0.39 is 15.7 Å². The fourth-order valence-corrected chi connectivity index (χ4v) is 4.55. The number of carbonyl (C=O) groups excluding carboxylic acids is 1. The lowest BCUT2D eigenvalue weighted by atomic mass is 10.1. The molecule has 9 heteroatoms. The van der Waals surface area contributed by atoms with Crippen molar-refractivity contribution in [2.45, 2.75) is 11.4 Å². The number of benzene rings is 2. The predicted molar refractivity (Wildman–Crippen MR) is 129 cm³/mol. The lowest BCUT2D eigenvalue weighted by molar-refractivity contribution is 0.0984. The van der Waals surface area contributed by atoms with Gasteiger partial charge in [0.15, 0.2) is 9.84 Å². The number of nitrogens with zero attached hydrogens (tertiary/aromatic N) is 3. The average Bonchev–Trinajstić information content (AvgIpc) is 2.78. The second-order valence-corrected chi connectivity index (χ2v) is 10.0. The van der Waals surface area contributed by atoms with Gasteiger partial charge in [-0.05, 0) is 42.0 Å². The summed E-state index contributed by atoms with van der Waals surface area (Å²) in [5.74, 6) is -0.497. The first kappa shape index (κ1) is 22.7. The summed E-state index contributed by atoms with van der Waals surface area (Å²) in [6.45, 7) is 0.0602. The molecule has 2 aromatic heterocycles. The lowest BCUT2D eigenvalue weighted by Crippen LogP contribution is -2.32. The quantitative estimate of drug-likeness (QED) is 0.404. The fourth-order valence-electron chi connectivity index (χ4n) is 3.52. The molecule has 168 valence electrons. The predicted octanol–water partition coefficient (Wildman–Crippen LogP) is 3.84. The third-order valence-electron chi connectivity index (χ3n) is 5.22. The first-order chi connectivity index (χ1) is 15.6. The highest BCUT2D eigenvalue weighted by Gasteiger charge is 2.24. The molecule has 4 aromatic rings. The third kappa shape index (κ3) is 4.81. The molecule has 2 heterocycles. The van der Waals surface area contributed by atoms with Gasteiger partial charge in [-0.3, -0.25) is 9.59 Å². The van der Waals surface area contributed by atoms with Crippen LogP contribution in [0.15, 0.2) is 82.6 Å². The number of amides is 1. The maximum absolute atomic E-state index is 13.6. The molecular formula is C24H20ClN3O4S. The molecule has 0 saturated heterocycles. The van der Waals surface area contributed by atoms with Gasteiger partial charge in [-0.2, -0.15) is 0 Å². The summed E-state index contributed by atoms with van der Waals surface area (Å²) in [4.78, 5) is 31.4. The highest BCUT2D eigenvalue weighted by atomic mass is 35.5. The number of aromatic nitrogens is 2. The van der Waals surface area contributed by atoms with Gasteiger partial charge in [0.2, 0.25) is 0 Å². The van der Waals surface area contributed by atoms with Crippen LogP contribution in [0.5, 0.6) is 0 Å². The lowest BCUT2D eigenvalue weighted by Gasteiger charge is -2.25. The first-order valence-corrected chi connectivity index (χ1v) is 12.2. The van der Waals surface area contributed by atoms with Crippen molar-refractivity contribution in [3.8, 4) is 0 Å². The van der Waals surface area contributed by atoms with E-state index in [1.54, 1.807) is 37.4 Å². The number of anilines is 1. The van der Waals surface area contributed by atoms with Gasteiger partial charge in [0.25, 0.3) is 11.5 Å². The maximum atomic E-state index is 13.6. The Hall–Kier alpha value is -3.49. The Kier molecular flexibility index (Phi) is 6.05. The Morgan fingerprint density at radius 1 is 1.06 bits per heavy atom. The van der Waals surface area contributed by atoms with Crippen molar-refractivity contribution in [2.75, 3.05) is 11.2 Å². The summed E-state index contributed by atoms with van der Waals surface area (Å²) < 4.78 is 26.3. The molecular weight excluding hydrogens is 462 g/mol. The van der Waals surface area contributed by atoms with Gasteiger partial charge < -0.3 is 9.47 Å². The van der Waals surface area contributed by atoms with E-state index >= 15 is 0 Å². The van der Waals surface area contributed by atoms with Crippen LogP contribution in [0.4, 0.5) is 5.69 Å². The number of fused-ring (bicyclic) bond motifs is 1. The van der Waals surface area contributed by atoms with Crippen LogP contribution in [-0.4, -0.2) is 30.1 Å². The van der Waals surface area contributed by atoms with Crippen molar-refractivity contribution in [3.05, 3.63) is 99.6 Å². The van der Waals surface area contributed by atoms with E-state index in [1.165, 1.54) is 33.9 Å². The van der Waals surface area contributed by atoms with Gasteiger partial charge >= 0.3 is 0 Å². The molecule has 0 fully saturated rings. The number of hydrogen-bond donors (Lipinski definition) is 0. The molecule has 4 rings (SSSR count). The molecule has 33 heavy (non-hydrogen) atoms. The van der Waals surface area contributed by atoms with E-state index in [1.807, 2.05) is 18.2 Å². The van der Waals surface area contributed by atoms with Crippen molar-refractivity contribution in [1.29, 1.82) is 0 Å². The SMILES string of the molecule is Cn1ccc(C(=O)N(Cc2ccc3ccc(Cl)nc3c2)c2ccccc2S(C)(=O)=O)cc1=O. The fraction of sp³-hybridized carbons (Fsp3) is 0.125. The standard InChI is InChI=1S/C24H20ClN3O4S/c1-27-12-11-18(14-23(27)29)24(30)28(20-5-3-4-6-21(20)33(2,31)32)15-16-7-8-17-9-10-22(25)26-19(17)13-16/h3-14H,15H2,1-2H3. The number of sulfone groups is 1. The summed E-state index contributed by atoms with van der Waals surface area (Å²) >= 11 is 6.03. The minimum Gasteiger partial charge on any atom is -0.319 e. The number of aryl methyl sites for hydroxylation is 1. The number of hydrogen-bond acceptors (Lipinski definition) is 5. The van der Waals surface area contributed by atoms with Crippen LogP contribution < -0.4 is 10.5 Å². The van der Waals surface area contributed by atoms with Crippen LogP contribution in [0, 0.1) is 0 Å². The van der Waals surface area contributed by atoms with Crippen LogP contribution >= 0.6 is 11.6 Å². The molecule has 0 unspecified atom stereocenters. The van der Waals surface area contributed by atoms with E-state index in [9.17, 15) is 18.0 Å². The number of pyridine rings is 2. The number of rotatable bonds is 5. The van der Waals surface area contributed by atoms with Gasteiger partial charge in [0.1, 0.15) is 5.15 Å². The van der Waals surface area contributed by atoms with Crippen LogP contribution in [0.3, 0.4) is 0 Å². The summed E-state index contributed by atoms with van der Waals surface area (Å²) in [5.41, 5.74) is 1.41. The van der Waals surface area contributed by atoms with Crippen molar-refractivity contribution >= 4 is 43.9 Å². The number of para-hydroxylation sites is 1. The molecule has 2 aromatic carbocycles.